The molecule has 0 aliphatic carbocycles. The van der Waals surface area contributed by atoms with E-state index in [4.69, 9.17) is 4.74 Å². The first-order chi connectivity index (χ1) is 10.3. The molecule has 6 heteroatoms. The maximum absolute atomic E-state index is 5.47. The van der Waals surface area contributed by atoms with Gasteiger partial charge in [0.25, 0.3) is 0 Å². The minimum Gasteiger partial charge on any atom is -0.379 e. The van der Waals surface area contributed by atoms with E-state index in [-0.39, 0.29) is 0 Å². The van der Waals surface area contributed by atoms with Crippen molar-refractivity contribution in [2.45, 2.75) is 12.6 Å². The van der Waals surface area contributed by atoms with Gasteiger partial charge in [-0.3, -0.25) is 9.58 Å². The molecule has 1 aliphatic heterocycles. The number of hydrogen-bond donors (Lipinski definition) is 1. The highest BCUT2D eigenvalue weighted by Crippen LogP contribution is 2.25. The van der Waals surface area contributed by atoms with Crippen molar-refractivity contribution in [1.29, 1.82) is 0 Å². The molecule has 1 fully saturated rings. The van der Waals surface area contributed by atoms with Crippen LogP contribution in [0, 0.1) is 0 Å². The maximum Gasteiger partial charge on any atom is 0.0594 e. The average Bonchev–Trinajstić information content (AvgIpc) is 3.16. The molecule has 114 valence electrons. The Kier molecular flexibility index (Phi) is 5.03. The van der Waals surface area contributed by atoms with Gasteiger partial charge < -0.3 is 10.1 Å². The summed E-state index contributed by atoms with van der Waals surface area (Å²) in [6.45, 7) is 5.51. The van der Waals surface area contributed by atoms with Crippen LogP contribution in [0.4, 0.5) is 0 Å². The van der Waals surface area contributed by atoms with Gasteiger partial charge in [-0.05, 0) is 11.4 Å². The fourth-order valence-electron chi connectivity index (χ4n) is 2.70. The van der Waals surface area contributed by atoms with E-state index in [2.05, 4.69) is 39.0 Å². The van der Waals surface area contributed by atoms with Crippen molar-refractivity contribution in [3.63, 3.8) is 0 Å². The van der Waals surface area contributed by atoms with Crippen LogP contribution in [-0.2, 0) is 18.3 Å². The second kappa shape index (κ2) is 7.17. The Hall–Kier alpha value is -1.21. The molecule has 0 unspecified atom stereocenters. The van der Waals surface area contributed by atoms with E-state index >= 15 is 0 Å². The van der Waals surface area contributed by atoms with Crippen molar-refractivity contribution in [3.8, 4) is 0 Å². The summed E-state index contributed by atoms with van der Waals surface area (Å²) in [6.07, 6.45) is 3.98. The van der Waals surface area contributed by atoms with E-state index in [1.807, 2.05) is 29.3 Å². The second-order valence-corrected chi connectivity index (χ2v) is 6.31. The highest BCUT2D eigenvalue weighted by atomic mass is 32.1. The zero-order chi connectivity index (χ0) is 14.5. The van der Waals surface area contributed by atoms with Gasteiger partial charge >= 0.3 is 0 Å². The molecule has 0 amide bonds. The highest BCUT2D eigenvalue weighted by Gasteiger charge is 2.22. The van der Waals surface area contributed by atoms with Crippen molar-refractivity contribution < 1.29 is 4.74 Å². The summed E-state index contributed by atoms with van der Waals surface area (Å²) < 4.78 is 7.32. The van der Waals surface area contributed by atoms with Gasteiger partial charge in [-0.25, -0.2) is 0 Å². The van der Waals surface area contributed by atoms with Gasteiger partial charge in [0.05, 0.1) is 25.5 Å². The summed E-state index contributed by atoms with van der Waals surface area (Å²) in [7, 11) is 1.95. The quantitative estimate of drug-likeness (QED) is 0.881. The Balaban J connectivity index is 1.59. The van der Waals surface area contributed by atoms with Crippen LogP contribution in [0.15, 0.2) is 29.9 Å². The number of morpholine rings is 1. The number of aromatic nitrogens is 2. The zero-order valence-corrected chi connectivity index (χ0v) is 13.2. The molecular formula is C15H22N4OS. The van der Waals surface area contributed by atoms with Crippen LogP contribution in [-0.4, -0.2) is 47.5 Å². The van der Waals surface area contributed by atoms with Crippen LogP contribution in [0.3, 0.4) is 0 Å². The first kappa shape index (κ1) is 14.7. The zero-order valence-electron chi connectivity index (χ0n) is 12.4. The Morgan fingerprint density at radius 1 is 1.43 bits per heavy atom. The molecule has 3 rings (SSSR count). The summed E-state index contributed by atoms with van der Waals surface area (Å²) in [5, 5.41) is 9.93. The van der Waals surface area contributed by atoms with Gasteiger partial charge in [-0.1, -0.05) is 6.07 Å². The van der Waals surface area contributed by atoms with Crippen molar-refractivity contribution in [1.82, 2.24) is 20.0 Å². The standard InChI is InChI=1S/C15H22N4OS/c1-18-12-13(10-17-18)9-16-11-14(15-3-2-8-21-15)19-4-6-20-7-5-19/h2-3,8,10,12,14,16H,4-7,9,11H2,1H3/t14-/m1/s1. The van der Waals surface area contributed by atoms with Gasteiger partial charge in [0.2, 0.25) is 0 Å². The van der Waals surface area contributed by atoms with Gasteiger partial charge in [-0.2, -0.15) is 5.10 Å². The number of aryl methyl sites for hydroxylation is 1. The third kappa shape index (κ3) is 3.91. The highest BCUT2D eigenvalue weighted by molar-refractivity contribution is 7.10. The van der Waals surface area contributed by atoms with E-state index in [1.165, 1.54) is 10.4 Å². The van der Waals surface area contributed by atoms with Gasteiger partial charge in [-0.15, -0.1) is 11.3 Å². The minimum absolute atomic E-state index is 0.436. The molecule has 1 atom stereocenters. The molecule has 0 spiro atoms. The van der Waals surface area contributed by atoms with Crippen molar-refractivity contribution in [2.24, 2.45) is 7.05 Å². The van der Waals surface area contributed by atoms with Crippen molar-refractivity contribution >= 4 is 11.3 Å². The Labute approximate surface area is 129 Å². The predicted molar refractivity (Wildman–Crippen MR) is 84.4 cm³/mol. The summed E-state index contributed by atoms with van der Waals surface area (Å²) >= 11 is 1.84. The number of thiophene rings is 1. The Morgan fingerprint density at radius 3 is 2.95 bits per heavy atom. The fourth-order valence-corrected chi connectivity index (χ4v) is 3.56. The minimum atomic E-state index is 0.436. The normalized spacial score (nSPS) is 18.0. The van der Waals surface area contributed by atoms with Crippen LogP contribution < -0.4 is 5.32 Å². The number of nitrogens with zero attached hydrogens (tertiary/aromatic N) is 3. The third-order valence-electron chi connectivity index (χ3n) is 3.78. The fraction of sp³-hybridized carbons (Fsp3) is 0.533. The van der Waals surface area contributed by atoms with E-state index in [0.29, 0.717) is 6.04 Å². The van der Waals surface area contributed by atoms with Crippen molar-refractivity contribution in [3.05, 3.63) is 40.3 Å². The van der Waals surface area contributed by atoms with Gasteiger partial charge in [0.1, 0.15) is 0 Å². The molecule has 5 nitrogen and oxygen atoms in total. The van der Waals surface area contributed by atoms with Crippen LogP contribution in [0.25, 0.3) is 0 Å². The molecule has 0 bridgehead atoms. The van der Waals surface area contributed by atoms with Crippen molar-refractivity contribution in [2.75, 3.05) is 32.8 Å². The van der Waals surface area contributed by atoms with E-state index < -0.39 is 0 Å². The SMILES string of the molecule is Cn1cc(CNC[C@H](c2cccs2)N2CCOCC2)cn1. The number of hydrogen-bond acceptors (Lipinski definition) is 5. The van der Waals surface area contributed by atoms with Crippen LogP contribution in [0.1, 0.15) is 16.5 Å². The second-order valence-electron chi connectivity index (χ2n) is 5.33. The summed E-state index contributed by atoms with van der Waals surface area (Å²) in [5.41, 5.74) is 1.23. The molecule has 0 radical (unpaired) electrons. The van der Waals surface area contributed by atoms with Gasteiger partial charge in [0, 0.05) is 49.9 Å². The number of rotatable bonds is 6. The molecular weight excluding hydrogens is 284 g/mol. The first-order valence-corrected chi connectivity index (χ1v) is 8.24. The predicted octanol–water partition coefficient (Wildman–Crippen LogP) is 1.64. The molecule has 3 heterocycles. The molecule has 21 heavy (non-hydrogen) atoms. The monoisotopic (exact) mass is 306 g/mol. The van der Waals surface area contributed by atoms with Crippen LogP contribution >= 0.6 is 11.3 Å². The average molecular weight is 306 g/mol. The van der Waals surface area contributed by atoms with Crippen LogP contribution in [0.2, 0.25) is 0 Å². The smallest absolute Gasteiger partial charge is 0.0594 e. The topological polar surface area (TPSA) is 42.3 Å². The largest absolute Gasteiger partial charge is 0.379 e. The van der Waals surface area contributed by atoms with Crippen LogP contribution in [0.5, 0.6) is 0 Å². The molecule has 0 aromatic carbocycles. The lowest BCUT2D eigenvalue weighted by molar-refractivity contribution is 0.0168. The first-order valence-electron chi connectivity index (χ1n) is 7.36. The summed E-state index contributed by atoms with van der Waals surface area (Å²) in [4.78, 5) is 3.95. The summed E-state index contributed by atoms with van der Waals surface area (Å²) in [6, 6.07) is 4.80. The van der Waals surface area contributed by atoms with E-state index in [1.54, 1.807) is 0 Å². The van der Waals surface area contributed by atoms with Gasteiger partial charge in [0.15, 0.2) is 0 Å². The molecule has 2 aromatic rings. The molecule has 2 aromatic heterocycles. The van der Waals surface area contributed by atoms with E-state index in [9.17, 15) is 0 Å². The number of ether oxygens (including phenoxy) is 1. The Bertz CT molecular complexity index is 534. The molecule has 1 aliphatic rings. The Morgan fingerprint density at radius 2 is 2.29 bits per heavy atom. The third-order valence-corrected chi connectivity index (χ3v) is 4.76. The summed E-state index contributed by atoms with van der Waals surface area (Å²) in [5.74, 6) is 0. The van der Waals surface area contributed by atoms with E-state index in [0.717, 1.165) is 39.4 Å². The lowest BCUT2D eigenvalue weighted by Gasteiger charge is -2.34. The molecule has 0 saturated carbocycles. The number of nitrogens with one attached hydrogen (secondary N) is 1. The maximum atomic E-state index is 5.47. The molecule has 1 saturated heterocycles. The molecule has 1 N–H and O–H groups in total. The lowest BCUT2D eigenvalue weighted by atomic mass is 10.2. The lowest BCUT2D eigenvalue weighted by Crippen LogP contribution is -2.42.